The van der Waals surface area contributed by atoms with Crippen LogP contribution in [-0.2, 0) is 35.0 Å². The fourth-order valence-corrected chi connectivity index (χ4v) is 4.90. The van der Waals surface area contributed by atoms with Crippen molar-refractivity contribution in [3.63, 3.8) is 0 Å². The van der Waals surface area contributed by atoms with E-state index in [1.54, 1.807) is 51.1 Å². The standard InChI is InChI=1S/C33H42O7/c1-6-14-26-29(40-32(36)33(3,4)5)25(22-38-31(35)24-17-12-9-13-18-24)21-27(30(26)37-19-7-2)39-28(34)20-23-15-10-8-11-16-23/h6,8-13,15-18,25-27,29-30H,1,7,14,19-22H2,2-5H3/t25-,26-,27-,29?,30+/m1/s1. The van der Waals surface area contributed by atoms with E-state index in [0.717, 1.165) is 12.0 Å². The average molecular weight is 551 g/mol. The van der Waals surface area contributed by atoms with Gasteiger partial charge in [0.25, 0.3) is 0 Å². The van der Waals surface area contributed by atoms with Crippen molar-refractivity contribution in [1.29, 1.82) is 0 Å². The molecular formula is C33H42O7. The van der Waals surface area contributed by atoms with Crippen LogP contribution in [0.15, 0.2) is 73.3 Å². The number of ether oxygens (including phenoxy) is 4. The third kappa shape index (κ3) is 8.78. The number of esters is 3. The molecule has 5 atom stereocenters. The lowest BCUT2D eigenvalue weighted by Crippen LogP contribution is -2.55. The van der Waals surface area contributed by atoms with Crippen molar-refractivity contribution in [2.75, 3.05) is 13.2 Å². The van der Waals surface area contributed by atoms with Gasteiger partial charge in [0.15, 0.2) is 0 Å². The predicted molar refractivity (Wildman–Crippen MR) is 153 cm³/mol. The molecule has 216 valence electrons. The van der Waals surface area contributed by atoms with E-state index >= 15 is 0 Å². The summed E-state index contributed by atoms with van der Waals surface area (Å²) >= 11 is 0. The summed E-state index contributed by atoms with van der Waals surface area (Å²) in [7, 11) is 0. The highest BCUT2D eigenvalue weighted by atomic mass is 16.6. The fraction of sp³-hybridized carbons (Fsp3) is 0.485. The number of benzene rings is 2. The van der Waals surface area contributed by atoms with Crippen LogP contribution in [0, 0.1) is 17.3 Å². The van der Waals surface area contributed by atoms with Crippen molar-refractivity contribution in [2.45, 2.75) is 71.7 Å². The Morgan fingerprint density at radius 2 is 1.60 bits per heavy atom. The van der Waals surface area contributed by atoms with E-state index in [1.165, 1.54) is 0 Å². The first-order valence-corrected chi connectivity index (χ1v) is 14.0. The molecule has 1 aliphatic rings. The van der Waals surface area contributed by atoms with Crippen LogP contribution in [0.25, 0.3) is 0 Å². The second-order valence-electron chi connectivity index (χ2n) is 11.3. The molecule has 0 radical (unpaired) electrons. The van der Waals surface area contributed by atoms with Crippen LogP contribution in [0.2, 0.25) is 0 Å². The summed E-state index contributed by atoms with van der Waals surface area (Å²) < 4.78 is 24.2. The van der Waals surface area contributed by atoms with Crippen molar-refractivity contribution < 1.29 is 33.3 Å². The highest BCUT2D eigenvalue weighted by Crippen LogP contribution is 2.39. The van der Waals surface area contributed by atoms with Crippen LogP contribution >= 0.6 is 0 Å². The van der Waals surface area contributed by atoms with Gasteiger partial charge >= 0.3 is 17.9 Å². The molecule has 1 aliphatic carbocycles. The number of allylic oxidation sites excluding steroid dienone is 1. The average Bonchev–Trinajstić information content (AvgIpc) is 2.93. The molecule has 0 heterocycles. The number of hydrogen-bond donors (Lipinski definition) is 0. The Hall–Kier alpha value is -3.45. The fourth-order valence-electron chi connectivity index (χ4n) is 4.90. The third-order valence-electron chi connectivity index (χ3n) is 6.93. The molecule has 1 unspecified atom stereocenters. The maximum Gasteiger partial charge on any atom is 0.338 e. The molecule has 0 N–H and O–H groups in total. The Morgan fingerprint density at radius 1 is 0.950 bits per heavy atom. The van der Waals surface area contributed by atoms with E-state index in [-0.39, 0.29) is 30.9 Å². The Balaban J connectivity index is 1.89. The molecule has 0 aromatic heterocycles. The maximum absolute atomic E-state index is 13.1. The van der Waals surface area contributed by atoms with Gasteiger partial charge in [-0.25, -0.2) is 4.79 Å². The molecule has 7 nitrogen and oxygen atoms in total. The molecule has 1 fully saturated rings. The zero-order chi connectivity index (χ0) is 29.1. The zero-order valence-corrected chi connectivity index (χ0v) is 24.0. The van der Waals surface area contributed by atoms with Gasteiger partial charge in [-0.15, -0.1) is 6.58 Å². The SMILES string of the molecule is C=CC[C@@H]1C(OC(=O)C(C)(C)C)[C@@H](COC(=O)c2ccccc2)C[C@@H](OC(=O)Cc2ccccc2)[C@H]1OCCC. The van der Waals surface area contributed by atoms with Crippen LogP contribution in [0.3, 0.4) is 0 Å². The molecule has 1 saturated carbocycles. The maximum atomic E-state index is 13.1. The minimum atomic E-state index is -0.733. The molecule has 0 aliphatic heterocycles. The highest BCUT2D eigenvalue weighted by Gasteiger charge is 2.49. The minimum Gasteiger partial charge on any atom is -0.462 e. The third-order valence-corrected chi connectivity index (χ3v) is 6.93. The lowest BCUT2D eigenvalue weighted by molar-refractivity contribution is -0.200. The molecule has 2 aromatic carbocycles. The number of carbonyl (C=O) groups is 3. The topological polar surface area (TPSA) is 88.1 Å². The molecule has 3 rings (SSSR count). The molecular weight excluding hydrogens is 508 g/mol. The van der Waals surface area contributed by atoms with E-state index in [9.17, 15) is 14.4 Å². The van der Waals surface area contributed by atoms with Crippen LogP contribution in [0.1, 0.15) is 62.9 Å². The normalized spacial score (nSPS) is 22.6. The predicted octanol–water partition coefficient (Wildman–Crippen LogP) is 5.96. The van der Waals surface area contributed by atoms with Crippen molar-refractivity contribution in [3.8, 4) is 0 Å². The second kappa shape index (κ2) is 14.8. The summed E-state index contributed by atoms with van der Waals surface area (Å²) in [5, 5.41) is 0. The van der Waals surface area contributed by atoms with Crippen molar-refractivity contribution >= 4 is 17.9 Å². The lowest BCUT2D eigenvalue weighted by Gasteiger charge is -2.46. The van der Waals surface area contributed by atoms with E-state index in [0.29, 0.717) is 25.0 Å². The number of hydrogen-bond acceptors (Lipinski definition) is 7. The van der Waals surface area contributed by atoms with Gasteiger partial charge in [0.05, 0.1) is 24.0 Å². The van der Waals surface area contributed by atoms with Crippen molar-refractivity contribution in [1.82, 2.24) is 0 Å². The van der Waals surface area contributed by atoms with Crippen molar-refractivity contribution in [3.05, 3.63) is 84.4 Å². The molecule has 0 amide bonds. The van der Waals surface area contributed by atoms with E-state index in [1.807, 2.05) is 43.3 Å². The van der Waals surface area contributed by atoms with E-state index < -0.39 is 35.6 Å². The number of carbonyl (C=O) groups excluding carboxylic acids is 3. The monoisotopic (exact) mass is 550 g/mol. The first-order chi connectivity index (χ1) is 19.1. The van der Waals surface area contributed by atoms with E-state index in [4.69, 9.17) is 18.9 Å². The van der Waals surface area contributed by atoms with Crippen LogP contribution in [0.5, 0.6) is 0 Å². The van der Waals surface area contributed by atoms with Gasteiger partial charge in [0.1, 0.15) is 18.3 Å². The quantitative estimate of drug-likeness (QED) is 0.183. The molecule has 0 spiro atoms. The molecule has 7 heteroatoms. The van der Waals surface area contributed by atoms with Gasteiger partial charge in [-0.05, 0) is 57.7 Å². The second-order valence-corrected chi connectivity index (χ2v) is 11.3. The highest BCUT2D eigenvalue weighted by molar-refractivity contribution is 5.89. The Kier molecular flexibility index (Phi) is 11.5. The first-order valence-electron chi connectivity index (χ1n) is 14.0. The lowest BCUT2D eigenvalue weighted by atomic mass is 9.73. The summed E-state index contributed by atoms with van der Waals surface area (Å²) in [5.74, 6) is -1.97. The smallest absolute Gasteiger partial charge is 0.338 e. The summed E-state index contributed by atoms with van der Waals surface area (Å²) in [6.07, 6.45) is 1.67. The van der Waals surface area contributed by atoms with Gasteiger partial charge in [-0.1, -0.05) is 61.5 Å². The molecule has 40 heavy (non-hydrogen) atoms. The van der Waals surface area contributed by atoms with Gasteiger partial charge in [-0.3, -0.25) is 9.59 Å². The van der Waals surface area contributed by atoms with Gasteiger partial charge < -0.3 is 18.9 Å². The molecule has 2 aromatic rings. The Labute approximate surface area is 237 Å². The van der Waals surface area contributed by atoms with Crippen LogP contribution in [-0.4, -0.2) is 49.4 Å². The first kappa shape index (κ1) is 31.1. The van der Waals surface area contributed by atoms with Crippen LogP contribution in [0.4, 0.5) is 0 Å². The summed E-state index contributed by atoms with van der Waals surface area (Å²) in [6.45, 7) is 11.8. The van der Waals surface area contributed by atoms with Gasteiger partial charge in [0.2, 0.25) is 0 Å². The van der Waals surface area contributed by atoms with E-state index in [2.05, 4.69) is 6.58 Å². The minimum absolute atomic E-state index is 0.00328. The Bertz CT molecular complexity index is 1110. The summed E-state index contributed by atoms with van der Waals surface area (Å²) in [6, 6.07) is 18.1. The number of rotatable bonds is 12. The Morgan fingerprint density at radius 3 is 2.20 bits per heavy atom. The summed E-state index contributed by atoms with van der Waals surface area (Å²) in [4.78, 5) is 38.9. The van der Waals surface area contributed by atoms with Crippen molar-refractivity contribution in [2.24, 2.45) is 17.3 Å². The van der Waals surface area contributed by atoms with Gasteiger partial charge in [-0.2, -0.15) is 0 Å². The largest absolute Gasteiger partial charge is 0.462 e. The summed E-state index contributed by atoms with van der Waals surface area (Å²) in [5.41, 5.74) is 0.546. The molecule has 0 bridgehead atoms. The zero-order valence-electron chi connectivity index (χ0n) is 24.0. The molecule has 0 saturated heterocycles. The van der Waals surface area contributed by atoms with Gasteiger partial charge in [0, 0.05) is 18.4 Å². The van der Waals surface area contributed by atoms with Crippen LogP contribution < -0.4 is 0 Å².